The van der Waals surface area contributed by atoms with Crippen LogP contribution in [0.1, 0.15) is 12.8 Å². The van der Waals surface area contributed by atoms with Crippen molar-refractivity contribution in [3.63, 3.8) is 0 Å². The number of piperazine rings is 1. The van der Waals surface area contributed by atoms with Gasteiger partial charge in [-0.3, -0.25) is 4.57 Å². The summed E-state index contributed by atoms with van der Waals surface area (Å²) in [6, 6.07) is 10.7. The summed E-state index contributed by atoms with van der Waals surface area (Å²) in [7, 11) is 0.0363. The third-order valence-corrected chi connectivity index (χ3v) is 8.13. The lowest BCUT2D eigenvalue weighted by Crippen LogP contribution is -2.47. The summed E-state index contributed by atoms with van der Waals surface area (Å²) >= 11 is 1.84. The van der Waals surface area contributed by atoms with E-state index in [1.54, 1.807) is 0 Å². The van der Waals surface area contributed by atoms with Crippen LogP contribution in [-0.2, 0) is 13.6 Å². The van der Waals surface area contributed by atoms with E-state index in [1.807, 2.05) is 17.8 Å². The molecule has 0 saturated carbocycles. The average molecular weight is 416 g/mol. The molecule has 0 bridgehead atoms. The molecule has 0 unspecified atom stereocenters. The first-order chi connectivity index (χ1) is 13.0. The maximum absolute atomic E-state index is 12.1. The summed E-state index contributed by atoms with van der Waals surface area (Å²) in [5.74, 6) is 0.961. The Morgan fingerprint density at radius 1 is 1.07 bits per heavy atom. The van der Waals surface area contributed by atoms with Crippen molar-refractivity contribution >= 4 is 19.4 Å². The van der Waals surface area contributed by atoms with Crippen molar-refractivity contribution in [1.82, 2.24) is 9.80 Å². The number of nitrogens with two attached hydrogens (primary N) is 1. The smallest absolute Gasteiger partial charge is 0.327 e. The lowest BCUT2D eigenvalue weighted by Gasteiger charge is -2.35. The van der Waals surface area contributed by atoms with E-state index in [-0.39, 0.29) is 6.04 Å². The highest BCUT2D eigenvalue weighted by Crippen LogP contribution is 2.46. The fourth-order valence-electron chi connectivity index (χ4n) is 3.13. The quantitative estimate of drug-likeness (QED) is 0.416. The SMILES string of the molecule is COP(=O)(CCCN1CCN(CC[C@@H](N)CSc2ccccc2)CC1)OC. The van der Waals surface area contributed by atoms with Gasteiger partial charge in [-0.05, 0) is 38.1 Å². The zero-order valence-corrected chi connectivity index (χ0v) is 18.3. The number of benzene rings is 1. The molecule has 1 saturated heterocycles. The second-order valence-corrected chi connectivity index (χ2v) is 10.4. The third-order valence-electron chi connectivity index (χ3n) is 4.95. The maximum Gasteiger partial charge on any atom is 0.330 e. The standard InChI is InChI=1S/C19H34N3O3PS/c1-24-26(23,25-2)16-6-10-21-12-14-22(15-13-21)11-9-18(20)17-27-19-7-4-3-5-8-19/h3-5,7-8,18H,6,9-17,20H2,1-2H3/t18-/m1/s1. The molecule has 0 aliphatic carbocycles. The Hall–Kier alpha value is -0.400. The van der Waals surface area contributed by atoms with Gasteiger partial charge in [0, 0.05) is 57.1 Å². The fourth-order valence-corrected chi connectivity index (χ4v) is 5.10. The van der Waals surface area contributed by atoms with Gasteiger partial charge in [-0.25, -0.2) is 0 Å². The molecule has 2 rings (SSSR count). The van der Waals surface area contributed by atoms with Crippen LogP contribution < -0.4 is 5.73 Å². The van der Waals surface area contributed by atoms with Crippen LogP contribution >= 0.6 is 19.4 Å². The minimum absolute atomic E-state index is 0.227. The summed E-state index contributed by atoms with van der Waals surface area (Å²) in [6.07, 6.45) is 2.35. The molecule has 0 radical (unpaired) electrons. The summed E-state index contributed by atoms with van der Waals surface area (Å²) in [6.45, 7) is 6.26. The lowest BCUT2D eigenvalue weighted by molar-refractivity contribution is 0.130. The number of nitrogens with zero attached hydrogens (tertiary/aromatic N) is 2. The van der Waals surface area contributed by atoms with Crippen molar-refractivity contribution in [3.05, 3.63) is 30.3 Å². The zero-order valence-electron chi connectivity index (χ0n) is 16.6. The molecule has 0 aromatic heterocycles. The summed E-state index contributed by atoms with van der Waals surface area (Å²) in [5, 5.41) is 0. The van der Waals surface area contributed by atoms with Gasteiger partial charge in [0.15, 0.2) is 0 Å². The van der Waals surface area contributed by atoms with E-state index in [0.717, 1.165) is 57.9 Å². The van der Waals surface area contributed by atoms with Crippen LogP contribution in [-0.4, -0.2) is 81.2 Å². The molecule has 0 spiro atoms. The molecule has 1 aromatic carbocycles. The topological polar surface area (TPSA) is 68.0 Å². The number of hydrogen-bond acceptors (Lipinski definition) is 7. The molecule has 8 heteroatoms. The van der Waals surface area contributed by atoms with E-state index in [9.17, 15) is 4.57 Å². The molecule has 1 fully saturated rings. The number of hydrogen-bond donors (Lipinski definition) is 1. The van der Waals surface area contributed by atoms with E-state index in [4.69, 9.17) is 14.8 Å². The number of thioether (sulfide) groups is 1. The Kier molecular flexibility index (Phi) is 10.4. The van der Waals surface area contributed by atoms with Crippen LogP contribution in [0.25, 0.3) is 0 Å². The van der Waals surface area contributed by atoms with E-state index in [0.29, 0.717) is 6.16 Å². The molecule has 1 aromatic rings. The summed E-state index contributed by atoms with van der Waals surface area (Å²) < 4.78 is 22.0. The van der Waals surface area contributed by atoms with Crippen molar-refractivity contribution in [1.29, 1.82) is 0 Å². The Morgan fingerprint density at radius 2 is 1.67 bits per heavy atom. The van der Waals surface area contributed by atoms with Gasteiger partial charge < -0.3 is 24.6 Å². The normalized spacial score (nSPS) is 17.9. The Morgan fingerprint density at radius 3 is 2.26 bits per heavy atom. The molecule has 27 heavy (non-hydrogen) atoms. The molecule has 0 amide bonds. The maximum atomic E-state index is 12.1. The second kappa shape index (κ2) is 12.2. The van der Waals surface area contributed by atoms with E-state index >= 15 is 0 Å². The Bertz CT molecular complexity index is 563. The molecule has 1 atom stereocenters. The van der Waals surface area contributed by atoms with Crippen LogP contribution in [0.5, 0.6) is 0 Å². The van der Waals surface area contributed by atoms with Gasteiger partial charge >= 0.3 is 7.60 Å². The van der Waals surface area contributed by atoms with E-state index < -0.39 is 7.60 Å². The van der Waals surface area contributed by atoms with Crippen LogP contribution in [0, 0.1) is 0 Å². The second-order valence-electron chi connectivity index (χ2n) is 6.91. The first-order valence-corrected chi connectivity index (χ1v) is 12.3. The van der Waals surface area contributed by atoms with Crippen molar-refractivity contribution in [2.24, 2.45) is 5.73 Å². The van der Waals surface area contributed by atoms with Gasteiger partial charge in [0.25, 0.3) is 0 Å². The summed E-state index contributed by atoms with van der Waals surface area (Å²) in [5.41, 5.74) is 6.29. The van der Waals surface area contributed by atoms with Gasteiger partial charge in [-0.15, -0.1) is 11.8 Å². The molecule has 2 N–H and O–H groups in total. The molecule has 1 aliphatic heterocycles. The highest BCUT2D eigenvalue weighted by Gasteiger charge is 2.22. The van der Waals surface area contributed by atoms with Crippen molar-refractivity contribution in [2.45, 2.75) is 23.8 Å². The largest absolute Gasteiger partial charge is 0.330 e. The van der Waals surface area contributed by atoms with Gasteiger partial charge in [-0.2, -0.15) is 0 Å². The third kappa shape index (κ3) is 8.65. The van der Waals surface area contributed by atoms with Crippen molar-refractivity contribution < 1.29 is 13.6 Å². The van der Waals surface area contributed by atoms with E-state index in [1.165, 1.54) is 19.1 Å². The zero-order chi connectivity index (χ0) is 19.5. The van der Waals surface area contributed by atoms with Gasteiger partial charge in [0.05, 0.1) is 6.16 Å². The fraction of sp³-hybridized carbons (Fsp3) is 0.684. The van der Waals surface area contributed by atoms with Crippen molar-refractivity contribution in [3.8, 4) is 0 Å². The van der Waals surface area contributed by atoms with Crippen LogP contribution in [0.4, 0.5) is 0 Å². The van der Waals surface area contributed by atoms with Crippen molar-refractivity contribution in [2.75, 3.05) is 65.4 Å². The minimum atomic E-state index is -2.86. The molecule has 1 aliphatic rings. The minimum Gasteiger partial charge on any atom is -0.327 e. The first-order valence-electron chi connectivity index (χ1n) is 9.63. The number of rotatable bonds is 12. The molecular weight excluding hydrogens is 381 g/mol. The monoisotopic (exact) mass is 415 g/mol. The van der Waals surface area contributed by atoms with Crippen LogP contribution in [0.15, 0.2) is 35.2 Å². The molecule has 154 valence electrons. The Balaban J connectivity index is 1.56. The highest BCUT2D eigenvalue weighted by atomic mass is 32.2. The average Bonchev–Trinajstić information content (AvgIpc) is 2.72. The Labute approximate surface area is 168 Å². The first kappa shape index (κ1) is 22.9. The van der Waals surface area contributed by atoms with Gasteiger partial charge in [0.1, 0.15) is 0 Å². The molecule has 6 nitrogen and oxygen atoms in total. The lowest BCUT2D eigenvalue weighted by atomic mass is 10.2. The molecular formula is C19H34N3O3PS. The molecule has 1 heterocycles. The predicted molar refractivity (Wildman–Crippen MR) is 114 cm³/mol. The van der Waals surface area contributed by atoms with E-state index in [2.05, 4.69) is 34.1 Å². The highest BCUT2D eigenvalue weighted by molar-refractivity contribution is 7.99. The summed E-state index contributed by atoms with van der Waals surface area (Å²) in [4.78, 5) is 6.21. The van der Waals surface area contributed by atoms with Crippen LogP contribution in [0.3, 0.4) is 0 Å². The predicted octanol–water partition coefficient (Wildman–Crippen LogP) is 2.99. The van der Waals surface area contributed by atoms with Gasteiger partial charge in [0.2, 0.25) is 0 Å². The van der Waals surface area contributed by atoms with Crippen LogP contribution in [0.2, 0.25) is 0 Å². The van der Waals surface area contributed by atoms with Gasteiger partial charge in [-0.1, -0.05) is 18.2 Å².